The van der Waals surface area contributed by atoms with E-state index < -0.39 is 23.1 Å². The minimum Gasteiger partial charge on any atom is -0.506 e. The molecular formula is C5H5ClFNO4. The molecule has 7 heteroatoms. The van der Waals surface area contributed by atoms with Gasteiger partial charge in [-0.3, -0.25) is 0 Å². The van der Waals surface area contributed by atoms with E-state index in [0.29, 0.717) is 0 Å². The van der Waals surface area contributed by atoms with Gasteiger partial charge in [-0.25, -0.2) is 9.18 Å². The van der Waals surface area contributed by atoms with Gasteiger partial charge < -0.3 is 9.84 Å². The SMILES string of the molecule is COC(=O)/C(N=O)=C(\O)C(F)Cl. The zero-order valence-electron chi connectivity index (χ0n) is 5.95. The number of rotatable bonds is 3. The van der Waals surface area contributed by atoms with Crippen LogP contribution in [0.1, 0.15) is 0 Å². The second kappa shape index (κ2) is 4.66. The average Bonchev–Trinajstić information content (AvgIpc) is 2.05. The van der Waals surface area contributed by atoms with Gasteiger partial charge in [0.1, 0.15) is 0 Å². The highest BCUT2D eigenvalue weighted by atomic mass is 35.5. The first kappa shape index (κ1) is 10.8. The number of carbonyl (C=O) groups excluding carboxylic acids is 1. The van der Waals surface area contributed by atoms with Gasteiger partial charge in [-0.05, 0) is 5.18 Å². The Balaban J connectivity index is 4.85. The van der Waals surface area contributed by atoms with Gasteiger partial charge >= 0.3 is 5.97 Å². The van der Waals surface area contributed by atoms with Crippen molar-refractivity contribution in [1.29, 1.82) is 0 Å². The van der Waals surface area contributed by atoms with Crippen molar-refractivity contribution in [2.45, 2.75) is 5.63 Å². The van der Waals surface area contributed by atoms with Gasteiger partial charge in [0, 0.05) is 0 Å². The molecule has 68 valence electrons. The molecule has 0 saturated carbocycles. The van der Waals surface area contributed by atoms with Gasteiger partial charge in [0.2, 0.25) is 11.3 Å². The predicted octanol–water partition coefficient (Wildman–Crippen LogP) is 1.23. The van der Waals surface area contributed by atoms with Crippen molar-refractivity contribution in [2.75, 3.05) is 7.11 Å². The number of nitrogens with zero attached hydrogens (tertiary/aromatic N) is 1. The van der Waals surface area contributed by atoms with E-state index in [0.717, 1.165) is 7.11 Å². The normalized spacial score (nSPS) is 14.6. The molecule has 0 spiro atoms. The van der Waals surface area contributed by atoms with Crippen molar-refractivity contribution in [3.8, 4) is 0 Å². The number of allylic oxidation sites excluding steroid dienone is 1. The van der Waals surface area contributed by atoms with Crippen LogP contribution in [0.3, 0.4) is 0 Å². The number of hydrogen-bond acceptors (Lipinski definition) is 5. The molecule has 5 nitrogen and oxygen atoms in total. The van der Waals surface area contributed by atoms with Crippen LogP contribution in [0.4, 0.5) is 4.39 Å². The summed E-state index contributed by atoms with van der Waals surface area (Å²) in [4.78, 5) is 20.4. The van der Waals surface area contributed by atoms with Gasteiger partial charge in [-0.1, -0.05) is 11.6 Å². The largest absolute Gasteiger partial charge is 0.506 e. The predicted molar refractivity (Wildman–Crippen MR) is 38.2 cm³/mol. The maximum absolute atomic E-state index is 12.1. The summed E-state index contributed by atoms with van der Waals surface area (Å²) < 4.78 is 16.1. The maximum Gasteiger partial charge on any atom is 0.364 e. The lowest BCUT2D eigenvalue weighted by Crippen LogP contribution is -2.09. The zero-order valence-corrected chi connectivity index (χ0v) is 6.71. The summed E-state index contributed by atoms with van der Waals surface area (Å²) in [6.45, 7) is 0. The summed E-state index contributed by atoms with van der Waals surface area (Å²) in [6, 6.07) is 0. The monoisotopic (exact) mass is 197 g/mol. The molecule has 0 fully saturated rings. The number of carbonyl (C=O) groups is 1. The third-order valence-corrected chi connectivity index (χ3v) is 1.13. The average molecular weight is 198 g/mol. The molecule has 1 N–H and O–H groups in total. The summed E-state index contributed by atoms with van der Waals surface area (Å²) in [7, 11) is 0.947. The highest BCUT2D eigenvalue weighted by Gasteiger charge is 2.22. The van der Waals surface area contributed by atoms with Gasteiger partial charge in [0.15, 0.2) is 5.76 Å². The summed E-state index contributed by atoms with van der Waals surface area (Å²) in [5.41, 5.74) is -3.42. The van der Waals surface area contributed by atoms with Crippen LogP contribution in [0.25, 0.3) is 0 Å². The summed E-state index contributed by atoms with van der Waals surface area (Å²) in [5.74, 6) is -2.50. The quantitative estimate of drug-likeness (QED) is 0.243. The van der Waals surface area contributed by atoms with Crippen LogP contribution in [-0.4, -0.2) is 23.8 Å². The molecular weight excluding hydrogens is 193 g/mol. The fourth-order valence-corrected chi connectivity index (χ4v) is 0.492. The van der Waals surface area contributed by atoms with Crippen LogP contribution in [0.2, 0.25) is 0 Å². The topological polar surface area (TPSA) is 76.0 Å². The van der Waals surface area contributed by atoms with Gasteiger partial charge in [0.05, 0.1) is 7.11 Å². The third-order valence-electron chi connectivity index (χ3n) is 0.919. The number of methoxy groups -OCH3 is 1. The van der Waals surface area contributed by atoms with E-state index >= 15 is 0 Å². The standard InChI is InChI=1S/C5H5ClFNO4/c1-12-5(10)2(8-11)3(9)4(6)7/h4,9H,1H3/b3-2+. The van der Waals surface area contributed by atoms with Crippen LogP contribution < -0.4 is 0 Å². The molecule has 0 radical (unpaired) electrons. The molecule has 0 aliphatic rings. The van der Waals surface area contributed by atoms with Crippen molar-refractivity contribution in [1.82, 2.24) is 0 Å². The van der Waals surface area contributed by atoms with E-state index in [9.17, 15) is 14.1 Å². The number of alkyl halides is 2. The zero-order chi connectivity index (χ0) is 9.72. The molecule has 1 atom stereocenters. The Bertz CT molecular complexity index is 227. The Morgan fingerprint density at radius 1 is 1.75 bits per heavy atom. The molecule has 0 heterocycles. The van der Waals surface area contributed by atoms with E-state index in [-0.39, 0.29) is 0 Å². The van der Waals surface area contributed by atoms with Crippen LogP contribution in [-0.2, 0) is 9.53 Å². The van der Waals surface area contributed by atoms with Crippen molar-refractivity contribution in [3.05, 3.63) is 16.4 Å². The first-order valence-electron chi connectivity index (χ1n) is 2.67. The van der Waals surface area contributed by atoms with E-state index in [4.69, 9.17) is 16.7 Å². The van der Waals surface area contributed by atoms with Gasteiger partial charge in [-0.2, -0.15) is 0 Å². The fraction of sp³-hybridized carbons (Fsp3) is 0.400. The fourth-order valence-electron chi connectivity index (χ4n) is 0.389. The van der Waals surface area contributed by atoms with E-state index in [2.05, 4.69) is 9.91 Å². The van der Waals surface area contributed by atoms with Crippen LogP contribution in [0.15, 0.2) is 16.6 Å². The van der Waals surface area contributed by atoms with Crippen molar-refractivity contribution >= 4 is 17.6 Å². The number of esters is 1. The van der Waals surface area contributed by atoms with Crippen molar-refractivity contribution in [3.63, 3.8) is 0 Å². The minimum atomic E-state index is -2.35. The number of nitroso groups, excluding NO2 is 1. The Hall–Kier alpha value is -1.17. The molecule has 0 bridgehead atoms. The maximum atomic E-state index is 12.1. The second-order valence-corrected chi connectivity index (χ2v) is 2.00. The lowest BCUT2D eigenvalue weighted by Gasteiger charge is -2.00. The molecule has 0 aromatic rings. The molecule has 0 aliphatic heterocycles. The summed E-state index contributed by atoms with van der Waals surface area (Å²) >= 11 is 4.72. The van der Waals surface area contributed by atoms with Crippen molar-refractivity contribution < 1.29 is 19.0 Å². The summed E-state index contributed by atoms with van der Waals surface area (Å²) in [5, 5.41) is 10.7. The van der Waals surface area contributed by atoms with Crippen molar-refractivity contribution in [2.24, 2.45) is 5.18 Å². The Morgan fingerprint density at radius 2 is 2.25 bits per heavy atom. The number of ether oxygens (including phenoxy) is 1. The molecule has 0 aliphatic carbocycles. The molecule has 0 rings (SSSR count). The summed E-state index contributed by atoms with van der Waals surface area (Å²) in [6.07, 6.45) is 0. The van der Waals surface area contributed by atoms with E-state index in [1.54, 1.807) is 0 Å². The second-order valence-electron chi connectivity index (χ2n) is 1.62. The lowest BCUT2D eigenvalue weighted by molar-refractivity contribution is -0.136. The molecule has 0 amide bonds. The highest BCUT2D eigenvalue weighted by molar-refractivity contribution is 6.21. The van der Waals surface area contributed by atoms with Gasteiger partial charge in [0.25, 0.3) is 0 Å². The molecule has 0 aromatic carbocycles. The smallest absolute Gasteiger partial charge is 0.364 e. The van der Waals surface area contributed by atoms with E-state index in [1.807, 2.05) is 0 Å². The van der Waals surface area contributed by atoms with Crippen LogP contribution >= 0.6 is 11.6 Å². The first-order chi connectivity index (χ1) is 5.54. The molecule has 0 saturated heterocycles. The highest BCUT2D eigenvalue weighted by Crippen LogP contribution is 2.14. The number of hydrogen-bond donors (Lipinski definition) is 1. The molecule has 12 heavy (non-hydrogen) atoms. The number of aliphatic hydroxyl groups is 1. The van der Waals surface area contributed by atoms with E-state index in [1.165, 1.54) is 0 Å². The van der Waals surface area contributed by atoms with Crippen LogP contribution in [0, 0.1) is 4.91 Å². The number of halogens is 2. The van der Waals surface area contributed by atoms with Gasteiger partial charge in [-0.15, -0.1) is 4.91 Å². The Morgan fingerprint density at radius 3 is 2.50 bits per heavy atom. The first-order valence-corrected chi connectivity index (χ1v) is 3.11. The Kier molecular flexibility index (Phi) is 4.20. The molecule has 0 aromatic heterocycles. The number of aliphatic hydroxyl groups excluding tert-OH is 1. The Labute approximate surface area is 71.7 Å². The minimum absolute atomic E-state index is 0.947. The lowest BCUT2D eigenvalue weighted by atomic mass is 10.4. The third kappa shape index (κ3) is 2.46. The van der Waals surface area contributed by atoms with Crippen LogP contribution in [0.5, 0.6) is 0 Å². The molecule has 1 unspecified atom stereocenters.